The number of hydrogen-bond acceptors (Lipinski definition) is 4. The summed E-state index contributed by atoms with van der Waals surface area (Å²) in [6, 6.07) is 3.96. The lowest BCUT2D eigenvalue weighted by Gasteiger charge is -2.23. The minimum absolute atomic E-state index is 0.165. The van der Waals surface area contributed by atoms with E-state index in [9.17, 15) is 5.11 Å². The molecule has 0 aromatic carbocycles. The van der Waals surface area contributed by atoms with Gasteiger partial charge in [-0.2, -0.15) is 0 Å². The predicted octanol–water partition coefficient (Wildman–Crippen LogP) is 2.34. The van der Waals surface area contributed by atoms with Crippen molar-refractivity contribution in [3.8, 4) is 0 Å². The molecule has 0 radical (unpaired) electrons. The van der Waals surface area contributed by atoms with E-state index in [4.69, 9.17) is 9.47 Å². The third-order valence-electron chi connectivity index (χ3n) is 2.84. The molecule has 0 fully saturated rings. The summed E-state index contributed by atoms with van der Waals surface area (Å²) in [5, 5.41) is 9.17. The molecular weight excluding hydrogens is 230 g/mol. The Morgan fingerprint density at radius 2 is 1.78 bits per heavy atom. The topological polar surface area (TPSA) is 51.6 Å². The van der Waals surface area contributed by atoms with Crippen LogP contribution in [0, 0.1) is 0 Å². The minimum atomic E-state index is -0.204. The number of aliphatic hydroxyl groups excluding tert-OH is 1. The Labute approximate surface area is 109 Å². The highest BCUT2D eigenvalue weighted by Gasteiger charge is 2.18. The van der Waals surface area contributed by atoms with Gasteiger partial charge in [0.25, 0.3) is 0 Å². The molecule has 4 nitrogen and oxygen atoms in total. The molecule has 1 aromatic rings. The Balaban J connectivity index is 2.66. The summed E-state index contributed by atoms with van der Waals surface area (Å²) in [5.41, 5.74) is 1.17. The molecule has 1 aromatic heterocycles. The Bertz CT molecular complexity index is 299. The monoisotopic (exact) mass is 253 g/mol. The van der Waals surface area contributed by atoms with E-state index in [2.05, 4.69) is 4.98 Å². The van der Waals surface area contributed by atoms with Crippen molar-refractivity contribution in [3.05, 3.63) is 30.1 Å². The second-order valence-corrected chi connectivity index (χ2v) is 4.07. The number of pyridine rings is 1. The van der Waals surface area contributed by atoms with E-state index in [-0.39, 0.29) is 18.8 Å². The number of rotatable bonds is 9. The summed E-state index contributed by atoms with van der Waals surface area (Å²) in [4.78, 5) is 4.01. The molecule has 0 amide bonds. The van der Waals surface area contributed by atoms with Gasteiger partial charge in [-0.1, -0.05) is 0 Å². The summed E-state index contributed by atoms with van der Waals surface area (Å²) in [6.45, 7) is 5.34. The van der Waals surface area contributed by atoms with Crippen molar-refractivity contribution in [2.24, 2.45) is 0 Å². The molecule has 0 bridgehead atoms. The Hall–Kier alpha value is -0.970. The van der Waals surface area contributed by atoms with Gasteiger partial charge in [0, 0.05) is 38.6 Å². The molecule has 1 unspecified atom stereocenters. The highest BCUT2D eigenvalue weighted by Crippen LogP contribution is 2.25. The molecule has 4 heteroatoms. The molecule has 1 N–H and O–H groups in total. The molecule has 0 aliphatic heterocycles. The molecule has 1 heterocycles. The van der Waals surface area contributed by atoms with Gasteiger partial charge in [-0.05, 0) is 43.9 Å². The number of ether oxygens (including phenoxy) is 2. The normalized spacial score (nSPS) is 12.9. The Morgan fingerprint density at radius 3 is 2.28 bits per heavy atom. The van der Waals surface area contributed by atoms with E-state index in [0.29, 0.717) is 19.6 Å². The smallest absolute Gasteiger partial charge is 0.158 e. The maximum atomic E-state index is 9.17. The SMILES string of the molecule is CCOC(CC(CCO)c1ccncc1)OCC. The number of aromatic nitrogens is 1. The van der Waals surface area contributed by atoms with Crippen LogP contribution in [0.4, 0.5) is 0 Å². The van der Waals surface area contributed by atoms with Gasteiger partial charge < -0.3 is 14.6 Å². The van der Waals surface area contributed by atoms with Gasteiger partial charge in [0.15, 0.2) is 6.29 Å². The first-order valence-electron chi connectivity index (χ1n) is 6.55. The van der Waals surface area contributed by atoms with Crippen molar-refractivity contribution in [1.29, 1.82) is 0 Å². The highest BCUT2D eigenvalue weighted by atomic mass is 16.7. The molecule has 102 valence electrons. The second-order valence-electron chi connectivity index (χ2n) is 4.07. The van der Waals surface area contributed by atoms with Crippen molar-refractivity contribution < 1.29 is 14.6 Å². The van der Waals surface area contributed by atoms with E-state index in [1.165, 1.54) is 5.56 Å². The van der Waals surface area contributed by atoms with Crippen LogP contribution < -0.4 is 0 Å². The fraction of sp³-hybridized carbons (Fsp3) is 0.643. The third kappa shape index (κ3) is 5.12. The average molecular weight is 253 g/mol. The van der Waals surface area contributed by atoms with Crippen LogP contribution in [0.1, 0.15) is 38.2 Å². The lowest BCUT2D eigenvalue weighted by molar-refractivity contribution is -0.142. The van der Waals surface area contributed by atoms with Crippen molar-refractivity contribution in [2.75, 3.05) is 19.8 Å². The zero-order chi connectivity index (χ0) is 13.2. The zero-order valence-electron chi connectivity index (χ0n) is 11.2. The van der Waals surface area contributed by atoms with Crippen LogP contribution in [0.2, 0.25) is 0 Å². The van der Waals surface area contributed by atoms with Crippen molar-refractivity contribution >= 4 is 0 Å². The minimum Gasteiger partial charge on any atom is -0.396 e. The van der Waals surface area contributed by atoms with Crippen LogP contribution in [0.5, 0.6) is 0 Å². The fourth-order valence-corrected chi connectivity index (χ4v) is 2.00. The number of nitrogens with zero attached hydrogens (tertiary/aromatic N) is 1. The van der Waals surface area contributed by atoms with Gasteiger partial charge >= 0.3 is 0 Å². The van der Waals surface area contributed by atoms with E-state index >= 15 is 0 Å². The van der Waals surface area contributed by atoms with Crippen LogP contribution in [-0.2, 0) is 9.47 Å². The third-order valence-corrected chi connectivity index (χ3v) is 2.84. The lowest BCUT2D eigenvalue weighted by Crippen LogP contribution is -2.21. The number of hydrogen-bond donors (Lipinski definition) is 1. The first-order chi connectivity index (χ1) is 8.81. The molecule has 1 atom stereocenters. The van der Waals surface area contributed by atoms with Crippen molar-refractivity contribution in [2.45, 2.75) is 38.9 Å². The van der Waals surface area contributed by atoms with Gasteiger partial charge in [-0.25, -0.2) is 0 Å². The van der Waals surface area contributed by atoms with Crippen LogP contribution >= 0.6 is 0 Å². The van der Waals surface area contributed by atoms with Gasteiger partial charge in [0.2, 0.25) is 0 Å². The standard InChI is InChI=1S/C14H23NO3/c1-3-17-14(18-4-2)11-13(7-10-16)12-5-8-15-9-6-12/h5-6,8-9,13-14,16H,3-4,7,10-11H2,1-2H3. The first kappa shape index (κ1) is 15.1. The van der Waals surface area contributed by atoms with Crippen LogP contribution in [0.25, 0.3) is 0 Å². The van der Waals surface area contributed by atoms with E-state index < -0.39 is 0 Å². The lowest BCUT2D eigenvalue weighted by atomic mass is 9.93. The summed E-state index contributed by atoms with van der Waals surface area (Å²) in [7, 11) is 0. The van der Waals surface area contributed by atoms with E-state index in [0.717, 1.165) is 6.42 Å². The average Bonchev–Trinajstić information content (AvgIpc) is 2.40. The molecule has 0 saturated carbocycles. The van der Waals surface area contributed by atoms with E-state index in [1.807, 2.05) is 26.0 Å². The van der Waals surface area contributed by atoms with Crippen molar-refractivity contribution in [1.82, 2.24) is 4.98 Å². The Kier molecular flexibility index (Phi) is 7.57. The van der Waals surface area contributed by atoms with Gasteiger partial charge in [0.05, 0.1) is 0 Å². The summed E-state index contributed by atoms with van der Waals surface area (Å²) < 4.78 is 11.1. The quantitative estimate of drug-likeness (QED) is 0.686. The largest absolute Gasteiger partial charge is 0.396 e. The van der Waals surface area contributed by atoms with Crippen LogP contribution in [0.15, 0.2) is 24.5 Å². The van der Waals surface area contributed by atoms with Gasteiger partial charge in [-0.15, -0.1) is 0 Å². The second kappa shape index (κ2) is 9.03. The zero-order valence-corrected chi connectivity index (χ0v) is 11.2. The first-order valence-corrected chi connectivity index (χ1v) is 6.55. The summed E-state index contributed by atoms with van der Waals surface area (Å²) >= 11 is 0. The summed E-state index contributed by atoms with van der Waals surface area (Å²) in [5.74, 6) is 0.237. The molecule has 0 aliphatic carbocycles. The summed E-state index contributed by atoms with van der Waals surface area (Å²) in [6.07, 6.45) is 4.81. The maximum Gasteiger partial charge on any atom is 0.158 e. The molecule has 1 rings (SSSR count). The van der Waals surface area contributed by atoms with Crippen molar-refractivity contribution in [3.63, 3.8) is 0 Å². The van der Waals surface area contributed by atoms with E-state index in [1.54, 1.807) is 12.4 Å². The van der Waals surface area contributed by atoms with Gasteiger partial charge in [-0.3, -0.25) is 4.98 Å². The highest BCUT2D eigenvalue weighted by molar-refractivity contribution is 5.15. The molecule has 0 aliphatic rings. The van der Waals surface area contributed by atoms with Crippen LogP contribution in [-0.4, -0.2) is 36.2 Å². The predicted molar refractivity (Wildman–Crippen MR) is 70.3 cm³/mol. The molecule has 18 heavy (non-hydrogen) atoms. The van der Waals surface area contributed by atoms with Gasteiger partial charge in [0.1, 0.15) is 0 Å². The fourth-order valence-electron chi connectivity index (χ4n) is 2.00. The van der Waals surface area contributed by atoms with Crippen LogP contribution in [0.3, 0.4) is 0 Å². The molecule has 0 saturated heterocycles. The Morgan fingerprint density at radius 1 is 1.17 bits per heavy atom. The number of aliphatic hydroxyl groups is 1. The molecule has 0 spiro atoms. The maximum absolute atomic E-state index is 9.17. The molecular formula is C14H23NO3.